The summed E-state index contributed by atoms with van der Waals surface area (Å²) in [5.41, 5.74) is 3.24. The quantitative estimate of drug-likeness (QED) is 0.910. The lowest BCUT2D eigenvalue weighted by atomic mass is 10.1. The highest BCUT2D eigenvalue weighted by Gasteiger charge is 2.27. The van der Waals surface area contributed by atoms with E-state index < -0.39 is 0 Å². The third kappa shape index (κ3) is 3.03. The number of carbonyl (C=O) groups excluding carboxylic acids is 1. The van der Waals surface area contributed by atoms with Crippen LogP contribution in [0.15, 0.2) is 48.5 Å². The second kappa shape index (κ2) is 5.78. The van der Waals surface area contributed by atoms with Crippen LogP contribution in [0, 0.1) is 0 Å². The van der Waals surface area contributed by atoms with Crippen LogP contribution in [0.3, 0.4) is 0 Å². The Hall–Kier alpha value is -2.00. The number of amides is 1. The van der Waals surface area contributed by atoms with Crippen LogP contribution in [0.4, 0.5) is 5.69 Å². The van der Waals surface area contributed by atoms with Crippen LogP contribution in [-0.2, 0) is 11.2 Å². The molecule has 1 amide bonds. The van der Waals surface area contributed by atoms with Crippen LogP contribution < -0.4 is 10.6 Å². The third-order valence-corrected chi connectivity index (χ3v) is 4.03. The predicted molar refractivity (Wildman–Crippen MR) is 85.6 cm³/mol. The molecule has 1 aliphatic rings. The fourth-order valence-electron chi connectivity index (χ4n) is 2.63. The molecule has 0 aromatic heterocycles. The van der Waals surface area contributed by atoms with Crippen molar-refractivity contribution >= 4 is 23.2 Å². The van der Waals surface area contributed by atoms with Crippen molar-refractivity contribution in [1.29, 1.82) is 0 Å². The second-order valence-electron chi connectivity index (χ2n) is 5.34. The van der Waals surface area contributed by atoms with Crippen LogP contribution in [0.5, 0.6) is 0 Å². The van der Waals surface area contributed by atoms with E-state index >= 15 is 0 Å². The third-order valence-electron chi connectivity index (χ3n) is 3.80. The Balaban J connectivity index is 1.65. The summed E-state index contributed by atoms with van der Waals surface area (Å²) in [4.78, 5) is 12.4. The van der Waals surface area contributed by atoms with E-state index in [1.807, 2.05) is 49.4 Å². The van der Waals surface area contributed by atoms with E-state index in [2.05, 4.69) is 16.7 Å². The van der Waals surface area contributed by atoms with Gasteiger partial charge in [-0.15, -0.1) is 0 Å². The van der Waals surface area contributed by atoms with E-state index in [-0.39, 0.29) is 18.0 Å². The molecule has 1 heterocycles. The van der Waals surface area contributed by atoms with Crippen LogP contribution in [0.25, 0.3) is 0 Å². The number of carbonyl (C=O) groups is 1. The lowest BCUT2D eigenvalue weighted by Crippen LogP contribution is -2.39. The number of hydrogen-bond acceptors (Lipinski definition) is 2. The van der Waals surface area contributed by atoms with Gasteiger partial charge in [0.25, 0.3) is 0 Å². The predicted octanol–water partition coefficient (Wildman–Crippen LogP) is 3.55. The fourth-order valence-corrected chi connectivity index (χ4v) is 2.83. The first kappa shape index (κ1) is 14.0. The van der Waals surface area contributed by atoms with Crippen LogP contribution in [-0.4, -0.2) is 11.9 Å². The van der Waals surface area contributed by atoms with Crippen molar-refractivity contribution in [2.24, 2.45) is 0 Å². The maximum atomic E-state index is 12.4. The Morgan fingerprint density at radius 3 is 2.86 bits per heavy atom. The summed E-state index contributed by atoms with van der Waals surface area (Å²) in [7, 11) is 0. The van der Waals surface area contributed by atoms with Gasteiger partial charge >= 0.3 is 0 Å². The molecule has 3 nitrogen and oxygen atoms in total. The summed E-state index contributed by atoms with van der Waals surface area (Å²) < 4.78 is 0. The van der Waals surface area contributed by atoms with Gasteiger partial charge in [-0.3, -0.25) is 4.79 Å². The molecule has 1 unspecified atom stereocenters. The van der Waals surface area contributed by atoms with Crippen molar-refractivity contribution in [2.75, 3.05) is 5.32 Å². The number of halogens is 1. The van der Waals surface area contributed by atoms with Crippen molar-refractivity contribution in [3.05, 3.63) is 64.7 Å². The normalized spacial score (nSPS) is 17.7. The number of nitrogens with one attached hydrogen (secondary N) is 2. The zero-order valence-electron chi connectivity index (χ0n) is 11.8. The lowest BCUT2D eigenvalue weighted by molar-refractivity contribution is -0.122. The summed E-state index contributed by atoms with van der Waals surface area (Å²) in [6, 6.07) is 15.3. The van der Waals surface area contributed by atoms with Crippen molar-refractivity contribution in [2.45, 2.75) is 25.4 Å². The summed E-state index contributed by atoms with van der Waals surface area (Å²) in [6.07, 6.45) is 0.726. The molecule has 0 radical (unpaired) electrons. The summed E-state index contributed by atoms with van der Waals surface area (Å²) >= 11 is 5.99. The summed E-state index contributed by atoms with van der Waals surface area (Å²) in [5, 5.41) is 6.98. The SMILES string of the molecule is C[C@H](NC(=O)C1Cc2ccccc2N1)c1cccc(Cl)c1. The van der Waals surface area contributed by atoms with Crippen LogP contribution >= 0.6 is 11.6 Å². The van der Waals surface area contributed by atoms with Gasteiger partial charge in [-0.1, -0.05) is 41.9 Å². The molecule has 0 saturated heterocycles. The Morgan fingerprint density at radius 2 is 2.10 bits per heavy atom. The minimum atomic E-state index is -0.205. The number of anilines is 1. The van der Waals surface area contributed by atoms with Gasteiger partial charge < -0.3 is 10.6 Å². The van der Waals surface area contributed by atoms with Crippen LogP contribution in [0.2, 0.25) is 5.02 Å². The second-order valence-corrected chi connectivity index (χ2v) is 5.78. The largest absolute Gasteiger partial charge is 0.373 e. The summed E-state index contributed by atoms with van der Waals surface area (Å²) in [6.45, 7) is 1.96. The van der Waals surface area contributed by atoms with Gasteiger partial charge in [0.15, 0.2) is 0 Å². The zero-order valence-corrected chi connectivity index (χ0v) is 12.5. The monoisotopic (exact) mass is 300 g/mol. The molecular formula is C17H17ClN2O. The fraction of sp³-hybridized carbons (Fsp3) is 0.235. The average Bonchev–Trinajstić information content (AvgIpc) is 2.91. The van der Waals surface area contributed by atoms with Gasteiger partial charge in [0.1, 0.15) is 6.04 Å². The molecule has 0 saturated carbocycles. The highest BCUT2D eigenvalue weighted by Crippen LogP contribution is 2.25. The molecule has 2 aromatic rings. The van der Waals surface area contributed by atoms with E-state index in [1.54, 1.807) is 0 Å². The van der Waals surface area contributed by atoms with E-state index in [0.717, 1.165) is 17.7 Å². The average molecular weight is 301 g/mol. The molecular weight excluding hydrogens is 284 g/mol. The van der Waals surface area contributed by atoms with Gasteiger partial charge in [-0.05, 0) is 36.2 Å². The number of para-hydroxylation sites is 1. The van der Waals surface area contributed by atoms with Crippen molar-refractivity contribution in [1.82, 2.24) is 5.32 Å². The van der Waals surface area contributed by atoms with E-state index in [0.29, 0.717) is 5.02 Å². The molecule has 0 aliphatic carbocycles. The molecule has 21 heavy (non-hydrogen) atoms. The Kier molecular flexibility index (Phi) is 3.84. The Labute approximate surface area is 129 Å². The minimum Gasteiger partial charge on any atom is -0.373 e. The number of hydrogen-bond donors (Lipinski definition) is 2. The van der Waals surface area contributed by atoms with E-state index in [1.165, 1.54) is 5.56 Å². The smallest absolute Gasteiger partial charge is 0.243 e. The van der Waals surface area contributed by atoms with Gasteiger partial charge in [0.2, 0.25) is 5.91 Å². The standard InChI is InChI=1S/C17H17ClN2O/c1-11(12-6-4-7-14(18)9-12)19-17(21)16-10-13-5-2-3-8-15(13)20-16/h2-9,11,16,20H,10H2,1H3,(H,19,21)/t11-,16?/m0/s1. The topological polar surface area (TPSA) is 41.1 Å². The van der Waals surface area contributed by atoms with Gasteiger partial charge in [0.05, 0.1) is 6.04 Å². The number of rotatable bonds is 3. The number of benzene rings is 2. The van der Waals surface area contributed by atoms with Crippen molar-refractivity contribution in [3.63, 3.8) is 0 Å². The van der Waals surface area contributed by atoms with Gasteiger partial charge in [0, 0.05) is 17.1 Å². The molecule has 0 spiro atoms. The highest BCUT2D eigenvalue weighted by atomic mass is 35.5. The first-order valence-electron chi connectivity index (χ1n) is 7.04. The molecule has 2 aromatic carbocycles. The minimum absolute atomic E-state index is 0.0127. The summed E-state index contributed by atoms with van der Waals surface area (Å²) in [5.74, 6) is 0.0127. The Morgan fingerprint density at radius 1 is 1.29 bits per heavy atom. The maximum Gasteiger partial charge on any atom is 0.243 e. The Bertz CT molecular complexity index is 646. The molecule has 0 bridgehead atoms. The molecule has 2 atom stereocenters. The van der Waals surface area contributed by atoms with Gasteiger partial charge in [-0.2, -0.15) is 0 Å². The van der Waals surface area contributed by atoms with Crippen molar-refractivity contribution < 1.29 is 4.79 Å². The molecule has 3 rings (SSSR count). The van der Waals surface area contributed by atoms with Crippen molar-refractivity contribution in [3.8, 4) is 0 Å². The molecule has 4 heteroatoms. The van der Waals surface area contributed by atoms with E-state index in [4.69, 9.17) is 11.6 Å². The van der Waals surface area contributed by atoms with E-state index in [9.17, 15) is 4.79 Å². The zero-order chi connectivity index (χ0) is 14.8. The molecule has 1 aliphatic heterocycles. The molecule has 108 valence electrons. The van der Waals surface area contributed by atoms with Crippen LogP contribution in [0.1, 0.15) is 24.1 Å². The molecule has 0 fully saturated rings. The van der Waals surface area contributed by atoms with Gasteiger partial charge in [-0.25, -0.2) is 0 Å². The molecule has 2 N–H and O–H groups in total. The lowest BCUT2D eigenvalue weighted by Gasteiger charge is -2.18. The first-order valence-corrected chi connectivity index (χ1v) is 7.41. The maximum absolute atomic E-state index is 12.4. The number of fused-ring (bicyclic) bond motifs is 1. The highest BCUT2D eigenvalue weighted by molar-refractivity contribution is 6.30. The first-order chi connectivity index (χ1) is 10.1.